The predicted octanol–water partition coefficient (Wildman–Crippen LogP) is 2.54. The highest BCUT2D eigenvalue weighted by atomic mass is 35.5. The number of halogens is 1. The Balaban J connectivity index is 2.40. The number of benzene rings is 1. The van der Waals surface area contributed by atoms with E-state index in [9.17, 15) is 4.79 Å². The van der Waals surface area contributed by atoms with Crippen LogP contribution in [0.4, 0.5) is 5.69 Å². The van der Waals surface area contributed by atoms with Gasteiger partial charge >= 0.3 is 0 Å². The molecule has 88 valence electrons. The fourth-order valence-corrected chi connectivity index (χ4v) is 2.27. The topological polar surface area (TPSA) is 55.1 Å². The molecule has 3 N–H and O–H groups in total. The van der Waals surface area contributed by atoms with Gasteiger partial charge in [-0.05, 0) is 25.1 Å². The minimum Gasteiger partial charge on any atom is -0.398 e. The molecule has 0 spiro atoms. The van der Waals surface area contributed by atoms with E-state index in [2.05, 4.69) is 5.32 Å². The van der Waals surface area contributed by atoms with Crippen LogP contribution in [0.1, 0.15) is 13.3 Å². The second-order valence-electron chi connectivity index (χ2n) is 3.23. The summed E-state index contributed by atoms with van der Waals surface area (Å²) in [6.07, 6.45) is 0.501. The number of hydrogen-bond donors (Lipinski definition) is 2. The van der Waals surface area contributed by atoms with Crippen molar-refractivity contribution in [2.24, 2.45) is 0 Å². The minimum absolute atomic E-state index is 0.0718. The van der Waals surface area contributed by atoms with Gasteiger partial charge in [0.1, 0.15) is 0 Å². The number of nitrogens with one attached hydrogen (secondary N) is 1. The summed E-state index contributed by atoms with van der Waals surface area (Å²) in [5.41, 5.74) is 6.45. The molecule has 5 heteroatoms. The Morgan fingerprint density at radius 2 is 2.31 bits per heavy atom. The molecule has 3 nitrogen and oxygen atoms in total. The summed E-state index contributed by atoms with van der Waals surface area (Å²) in [5.74, 6) is 0.792. The van der Waals surface area contributed by atoms with E-state index in [1.165, 1.54) is 0 Å². The van der Waals surface area contributed by atoms with E-state index in [0.29, 0.717) is 23.7 Å². The first kappa shape index (κ1) is 13.2. The fraction of sp³-hybridized carbons (Fsp3) is 0.364. The molecule has 0 unspecified atom stereocenters. The maximum absolute atomic E-state index is 11.2. The Kier molecular flexibility index (Phi) is 5.49. The van der Waals surface area contributed by atoms with Crippen LogP contribution < -0.4 is 11.1 Å². The van der Waals surface area contributed by atoms with Crippen molar-refractivity contribution in [1.29, 1.82) is 0 Å². The Labute approximate surface area is 105 Å². The van der Waals surface area contributed by atoms with E-state index >= 15 is 0 Å². The van der Waals surface area contributed by atoms with Crippen LogP contribution in [0.2, 0.25) is 5.02 Å². The first-order chi connectivity index (χ1) is 7.63. The molecule has 1 rings (SSSR count). The molecule has 0 atom stereocenters. The van der Waals surface area contributed by atoms with Crippen molar-refractivity contribution in [3.05, 3.63) is 23.2 Å². The lowest BCUT2D eigenvalue weighted by Gasteiger charge is -2.05. The predicted molar refractivity (Wildman–Crippen MR) is 69.9 cm³/mol. The van der Waals surface area contributed by atoms with Gasteiger partial charge in [0.05, 0.1) is 0 Å². The lowest BCUT2D eigenvalue weighted by Crippen LogP contribution is -2.22. The number of thioether (sulfide) groups is 1. The Bertz CT molecular complexity index is 371. The van der Waals surface area contributed by atoms with Gasteiger partial charge in [-0.2, -0.15) is 0 Å². The molecule has 0 bridgehead atoms. The quantitative estimate of drug-likeness (QED) is 0.630. The number of carbonyl (C=O) groups is 1. The number of nitrogen functional groups attached to an aromatic ring is 1. The zero-order valence-electron chi connectivity index (χ0n) is 9.13. The summed E-state index contributed by atoms with van der Waals surface area (Å²) in [7, 11) is 0. The van der Waals surface area contributed by atoms with E-state index in [1.807, 2.05) is 13.0 Å². The Morgan fingerprint density at radius 1 is 1.56 bits per heavy atom. The van der Waals surface area contributed by atoms with Gasteiger partial charge in [0.25, 0.3) is 0 Å². The highest BCUT2D eigenvalue weighted by Crippen LogP contribution is 2.27. The zero-order valence-corrected chi connectivity index (χ0v) is 10.7. The number of rotatable bonds is 5. The first-order valence-electron chi connectivity index (χ1n) is 5.08. The molecule has 1 amide bonds. The van der Waals surface area contributed by atoms with Crippen LogP contribution in [0.5, 0.6) is 0 Å². The van der Waals surface area contributed by atoms with Gasteiger partial charge in [0.2, 0.25) is 5.91 Å². The lowest BCUT2D eigenvalue weighted by atomic mass is 10.3. The fourth-order valence-electron chi connectivity index (χ4n) is 1.19. The maximum Gasteiger partial charge on any atom is 0.220 e. The number of anilines is 1. The summed E-state index contributed by atoms with van der Waals surface area (Å²) >= 11 is 7.35. The van der Waals surface area contributed by atoms with Gasteiger partial charge in [-0.3, -0.25) is 4.79 Å². The van der Waals surface area contributed by atoms with Crippen molar-refractivity contribution in [2.45, 2.75) is 18.2 Å². The molecule has 0 aliphatic carbocycles. The standard InChI is InChI=1S/C11H15ClN2OS/c1-2-14-11(15)5-6-16-10-4-3-8(12)7-9(10)13/h3-4,7H,2,5-6,13H2,1H3,(H,14,15). The van der Waals surface area contributed by atoms with Crippen molar-refractivity contribution in [2.75, 3.05) is 18.0 Å². The third-order valence-corrected chi connectivity index (χ3v) is 3.26. The van der Waals surface area contributed by atoms with Gasteiger partial charge < -0.3 is 11.1 Å². The molecule has 0 saturated heterocycles. The largest absolute Gasteiger partial charge is 0.398 e. The van der Waals surface area contributed by atoms with E-state index in [4.69, 9.17) is 17.3 Å². The van der Waals surface area contributed by atoms with Crippen LogP contribution in [0.25, 0.3) is 0 Å². The Hall–Kier alpha value is -0.870. The molecule has 16 heavy (non-hydrogen) atoms. The van der Waals surface area contributed by atoms with E-state index in [1.54, 1.807) is 23.9 Å². The molecule has 0 saturated carbocycles. The van der Waals surface area contributed by atoms with Crippen LogP contribution in [-0.4, -0.2) is 18.2 Å². The monoisotopic (exact) mass is 258 g/mol. The second-order valence-corrected chi connectivity index (χ2v) is 4.81. The summed E-state index contributed by atoms with van der Waals surface area (Å²) < 4.78 is 0. The van der Waals surface area contributed by atoms with Crippen molar-refractivity contribution < 1.29 is 4.79 Å². The number of amides is 1. The minimum atomic E-state index is 0.0718. The van der Waals surface area contributed by atoms with Crippen LogP contribution >= 0.6 is 23.4 Å². The average Bonchev–Trinajstić information content (AvgIpc) is 2.22. The maximum atomic E-state index is 11.2. The van der Waals surface area contributed by atoms with Crippen LogP contribution in [0.3, 0.4) is 0 Å². The molecule has 0 heterocycles. The van der Waals surface area contributed by atoms with Gasteiger partial charge in [-0.15, -0.1) is 11.8 Å². The SMILES string of the molecule is CCNC(=O)CCSc1ccc(Cl)cc1N. The van der Waals surface area contributed by atoms with Crippen molar-refractivity contribution >= 4 is 35.0 Å². The van der Waals surface area contributed by atoms with Crippen molar-refractivity contribution in [1.82, 2.24) is 5.32 Å². The van der Waals surface area contributed by atoms with Crippen molar-refractivity contribution in [3.63, 3.8) is 0 Å². The molecule has 0 aliphatic rings. The molecule has 0 radical (unpaired) electrons. The highest BCUT2D eigenvalue weighted by Gasteiger charge is 2.03. The summed E-state index contributed by atoms with van der Waals surface area (Å²) in [4.78, 5) is 12.2. The Morgan fingerprint density at radius 3 is 2.94 bits per heavy atom. The summed E-state index contributed by atoms with van der Waals surface area (Å²) in [6, 6.07) is 5.39. The lowest BCUT2D eigenvalue weighted by molar-refractivity contribution is -0.120. The molecule has 0 aliphatic heterocycles. The third-order valence-electron chi connectivity index (χ3n) is 1.93. The van der Waals surface area contributed by atoms with Crippen LogP contribution in [0, 0.1) is 0 Å². The summed E-state index contributed by atoms with van der Waals surface area (Å²) in [5, 5.41) is 3.38. The smallest absolute Gasteiger partial charge is 0.220 e. The van der Waals surface area contributed by atoms with Crippen LogP contribution in [-0.2, 0) is 4.79 Å². The van der Waals surface area contributed by atoms with E-state index in [-0.39, 0.29) is 5.91 Å². The normalized spacial score (nSPS) is 10.1. The second kappa shape index (κ2) is 6.66. The van der Waals surface area contributed by atoms with Gasteiger partial charge in [0.15, 0.2) is 0 Å². The van der Waals surface area contributed by atoms with E-state index < -0.39 is 0 Å². The number of hydrogen-bond acceptors (Lipinski definition) is 3. The number of nitrogens with two attached hydrogens (primary N) is 1. The van der Waals surface area contributed by atoms with Crippen LogP contribution in [0.15, 0.2) is 23.1 Å². The highest BCUT2D eigenvalue weighted by molar-refractivity contribution is 7.99. The van der Waals surface area contributed by atoms with Gasteiger partial charge in [-0.1, -0.05) is 11.6 Å². The average molecular weight is 259 g/mol. The van der Waals surface area contributed by atoms with Crippen molar-refractivity contribution in [3.8, 4) is 0 Å². The molecular weight excluding hydrogens is 244 g/mol. The summed E-state index contributed by atoms with van der Waals surface area (Å²) in [6.45, 7) is 2.58. The van der Waals surface area contributed by atoms with Gasteiger partial charge in [0, 0.05) is 34.3 Å². The molecule has 1 aromatic rings. The van der Waals surface area contributed by atoms with E-state index in [0.717, 1.165) is 10.6 Å². The molecule has 1 aromatic carbocycles. The number of carbonyl (C=O) groups excluding carboxylic acids is 1. The van der Waals surface area contributed by atoms with Gasteiger partial charge in [-0.25, -0.2) is 0 Å². The molecular formula is C11H15ClN2OS. The molecule has 0 fully saturated rings. The zero-order chi connectivity index (χ0) is 12.0. The molecule has 0 aromatic heterocycles. The first-order valence-corrected chi connectivity index (χ1v) is 6.44. The third kappa shape index (κ3) is 4.33.